The topological polar surface area (TPSA) is 99.6 Å². The number of halogens is 2. The van der Waals surface area contributed by atoms with Crippen LogP contribution >= 0.6 is 31.9 Å². The normalized spacial score (nSPS) is 11.5. The van der Waals surface area contributed by atoms with Crippen LogP contribution in [0.4, 0.5) is 5.69 Å². The minimum atomic E-state index is -0.511. The van der Waals surface area contributed by atoms with E-state index in [1.807, 2.05) is 50.2 Å². The van der Waals surface area contributed by atoms with Gasteiger partial charge in [-0.05, 0) is 29.8 Å². The number of aromatic nitrogens is 2. The number of nitro groups is 1. The van der Waals surface area contributed by atoms with E-state index in [0.29, 0.717) is 26.8 Å². The fourth-order valence-electron chi connectivity index (χ4n) is 3.49. The van der Waals surface area contributed by atoms with E-state index in [1.54, 1.807) is 18.2 Å². The lowest BCUT2D eigenvalue weighted by Crippen LogP contribution is -2.23. The number of hydrogen-bond acceptors (Lipinski definition) is 6. The zero-order valence-corrected chi connectivity index (χ0v) is 22.0. The molecule has 0 fully saturated rings. The molecule has 8 nitrogen and oxygen atoms in total. The Morgan fingerprint density at radius 1 is 1.11 bits per heavy atom. The van der Waals surface area contributed by atoms with Gasteiger partial charge in [-0.2, -0.15) is 9.78 Å². The van der Waals surface area contributed by atoms with Crippen LogP contribution < -0.4 is 10.3 Å². The Labute approximate surface area is 217 Å². The highest BCUT2D eigenvalue weighted by Gasteiger charge is 2.21. The molecule has 0 bridgehead atoms. The Kier molecular flexibility index (Phi) is 7.42. The first-order valence-electron chi connectivity index (χ1n) is 10.7. The quantitative estimate of drug-likeness (QED) is 0.139. The summed E-state index contributed by atoms with van der Waals surface area (Å²) in [7, 11) is 0. The first-order valence-corrected chi connectivity index (χ1v) is 12.2. The minimum absolute atomic E-state index is 0.0569. The molecule has 3 aromatic carbocycles. The Hall–Kier alpha value is -3.37. The van der Waals surface area contributed by atoms with E-state index in [-0.39, 0.29) is 29.5 Å². The standard InChI is InChI=1S/C25H20Br2N4O4/c1-15(2)24-29-21-9-8-18(26)11-20(21)25(32)30(24)28-13-17-10-19(27)12-22(31(33)34)23(17)35-14-16-6-4-3-5-7-16/h3-13,15H,14H2,1-2H3. The van der Waals surface area contributed by atoms with Crippen molar-refractivity contribution < 1.29 is 9.66 Å². The molecule has 35 heavy (non-hydrogen) atoms. The van der Waals surface area contributed by atoms with Crippen LogP contribution in [0.25, 0.3) is 10.9 Å². The second-order valence-corrected chi connectivity index (χ2v) is 9.85. The van der Waals surface area contributed by atoms with E-state index in [2.05, 4.69) is 41.9 Å². The van der Waals surface area contributed by atoms with Gasteiger partial charge in [0.1, 0.15) is 12.4 Å². The van der Waals surface area contributed by atoms with Gasteiger partial charge in [-0.3, -0.25) is 14.9 Å². The fourth-order valence-corrected chi connectivity index (χ4v) is 4.31. The lowest BCUT2D eigenvalue weighted by molar-refractivity contribution is -0.386. The van der Waals surface area contributed by atoms with E-state index in [0.717, 1.165) is 10.0 Å². The summed E-state index contributed by atoms with van der Waals surface area (Å²) in [6.07, 6.45) is 1.39. The van der Waals surface area contributed by atoms with Crippen molar-refractivity contribution in [2.24, 2.45) is 5.10 Å². The van der Waals surface area contributed by atoms with Gasteiger partial charge in [-0.1, -0.05) is 76.0 Å². The highest BCUT2D eigenvalue weighted by Crippen LogP contribution is 2.34. The highest BCUT2D eigenvalue weighted by atomic mass is 79.9. The van der Waals surface area contributed by atoms with Gasteiger partial charge in [0.05, 0.1) is 22.0 Å². The molecule has 1 aromatic heterocycles. The SMILES string of the molecule is CC(C)c1nc2ccc(Br)cc2c(=O)n1N=Cc1cc(Br)cc([N+](=O)[O-])c1OCc1ccccc1. The molecule has 178 valence electrons. The molecule has 0 aliphatic rings. The predicted octanol–water partition coefficient (Wildman–Crippen LogP) is 6.41. The van der Waals surface area contributed by atoms with Gasteiger partial charge in [-0.25, -0.2) is 4.98 Å². The molecule has 0 saturated heterocycles. The number of fused-ring (bicyclic) bond motifs is 1. The fraction of sp³-hybridized carbons (Fsp3) is 0.160. The van der Waals surface area contributed by atoms with Crippen molar-refractivity contribution in [3.05, 3.63) is 107 Å². The Morgan fingerprint density at radius 3 is 2.54 bits per heavy atom. The van der Waals surface area contributed by atoms with Crippen molar-refractivity contribution >= 4 is 54.7 Å². The van der Waals surface area contributed by atoms with Gasteiger partial charge < -0.3 is 4.74 Å². The highest BCUT2D eigenvalue weighted by molar-refractivity contribution is 9.10. The molecule has 0 N–H and O–H groups in total. The molecule has 0 radical (unpaired) electrons. The van der Waals surface area contributed by atoms with Gasteiger partial charge >= 0.3 is 5.69 Å². The third-order valence-electron chi connectivity index (χ3n) is 5.15. The van der Waals surface area contributed by atoms with Crippen LogP contribution in [-0.4, -0.2) is 20.8 Å². The number of nitrogens with zero attached hydrogens (tertiary/aromatic N) is 4. The Morgan fingerprint density at radius 2 is 1.86 bits per heavy atom. The average molecular weight is 600 g/mol. The van der Waals surface area contributed by atoms with Crippen LogP contribution in [0.3, 0.4) is 0 Å². The zero-order valence-electron chi connectivity index (χ0n) is 18.8. The monoisotopic (exact) mass is 598 g/mol. The molecule has 0 aliphatic heterocycles. The third kappa shape index (κ3) is 5.49. The molecule has 4 aromatic rings. The van der Waals surface area contributed by atoms with E-state index >= 15 is 0 Å². The summed E-state index contributed by atoms with van der Waals surface area (Å²) in [5, 5.41) is 16.6. The molecule has 0 saturated carbocycles. The number of ether oxygens (including phenoxy) is 1. The van der Waals surface area contributed by atoms with Crippen LogP contribution in [0.5, 0.6) is 5.75 Å². The maximum absolute atomic E-state index is 13.3. The minimum Gasteiger partial charge on any atom is -0.481 e. The summed E-state index contributed by atoms with van der Waals surface area (Å²) in [4.78, 5) is 29.2. The zero-order chi connectivity index (χ0) is 25.1. The molecule has 10 heteroatoms. The second kappa shape index (κ2) is 10.5. The summed E-state index contributed by atoms with van der Waals surface area (Å²) in [6, 6.07) is 17.7. The van der Waals surface area contributed by atoms with E-state index in [4.69, 9.17) is 4.74 Å². The summed E-state index contributed by atoms with van der Waals surface area (Å²) >= 11 is 6.71. The molecule has 0 atom stereocenters. The van der Waals surface area contributed by atoms with Gasteiger partial charge in [0.2, 0.25) is 5.75 Å². The Balaban J connectivity index is 1.84. The average Bonchev–Trinajstić information content (AvgIpc) is 2.83. The molecule has 0 unspecified atom stereocenters. The molecule has 0 spiro atoms. The van der Waals surface area contributed by atoms with Crippen LogP contribution in [0, 0.1) is 10.1 Å². The van der Waals surface area contributed by atoms with Crippen molar-refractivity contribution in [1.82, 2.24) is 9.66 Å². The molecular weight excluding hydrogens is 580 g/mol. The van der Waals surface area contributed by atoms with Crippen LogP contribution in [0.1, 0.15) is 36.7 Å². The maximum Gasteiger partial charge on any atom is 0.312 e. The molecule has 0 aliphatic carbocycles. The van der Waals surface area contributed by atoms with Crippen molar-refractivity contribution in [3.63, 3.8) is 0 Å². The molecule has 1 heterocycles. The third-order valence-corrected chi connectivity index (χ3v) is 6.10. The first-order chi connectivity index (χ1) is 16.7. The smallest absolute Gasteiger partial charge is 0.312 e. The largest absolute Gasteiger partial charge is 0.481 e. The Bertz CT molecular complexity index is 1500. The second-order valence-electron chi connectivity index (χ2n) is 8.02. The lowest BCUT2D eigenvalue weighted by Gasteiger charge is -2.13. The predicted molar refractivity (Wildman–Crippen MR) is 142 cm³/mol. The van der Waals surface area contributed by atoms with Crippen LogP contribution in [0.2, 0.25) is 0 Å². The number of nitro benzene ring substituents is 1. The number of hydrogen-bond donors (Lipinski definition) is 0. The van der Waals surface area contributed by atoms with Crippen molar-refractivity contribution in [2.45, 2.75) is 26.4 Å². The summed E-state index contributed by atoms with van der Waals surface area (Å²) in [5.74, 6) is 0.428. The summed E-state index contributed by atoms with van der Waals surface area (Å²) < 4.78 is 8.35. The van der Waals surface area contributed by atoms with Gasteiger partial charge in [-0.15, -0.1) is 0 Å². The van der Waals surface area contributed by atoms with E-state index in [1.165, 1.54) is 17.0 Å². The van der Waals surface area contributed by atoms with Crippen molar-refractivity contribution in [3.8, 4) is 5.75 Å². The maximum atomic E-state index is 13.3. The summed E-state index contributed by atoms with van der Waals surface area (Å²) in [6.45, 7) is 3.96. The van der Waals surface area contributed by atoms with Crippen LogP contribution in [-0.2, 0) is 6.61 Å². The van der Waals surface area contributed by atoms with Crippen molar-refractivity contribution in [1.29, 1.82) is 0 Å². The van der Waals surface area contributed by atoms with Crippen molar-refractivity contribution in [2.75, 3.05) is 0 Å². The molecule has 0 amide bonds. The summed E-state index contributed by atoms with van der Waals surface area (Å²) in [5.41, 5.74) is 1.22. The number of rotatable bonds is 7. The van der Waals surface area contributed by atoms with Gasteiger partial charge in [0.15, 0.2) is 0 Å². The van der Waals surface area contributed by atoms with Gasteiger partial charge in [0, 0.05) is 26.5 Å². The van der Waals surface area contributed by atoms with Crippen LogP contribution in [0.15, 0.2) is 79.5 Å². The van der Waals surface area contributed by atoms with E-state index < -0.39 is 4.92 Å². The lowest BCUT2D eigenvalue weighted by atomic mass is 10.1. The van der Waals surface area contributed by atoms with Gasteiger partial charge in [0.25, 0.3) is 5.56 Å². The molecular formula is C25H20Br2N4O4. The number of benzene rings is 3. The molecule has 4 rings (SSSR count). The van der Waals surface area contributed by atoms with E-state index in [9.17, 15) is 14.9 Å². The first kappa shape index (κ1) is 24.7.